The van der Waals surface area contributed by atoms with Crippen LogP contribution in [0.3, 0.4) is 0 Å². The van der Waals surface area contributed by atoms with Crippen LogP contribution >= 0.6 is 0 Å². The van der Waals surface area contributed by atoms with Gasteiger partial charge in [-0.15, -0.1) is 0 Å². The number of ether oxygens (including phenoxy) is 1. The lowest BCUT2D eigenvalue weighted by Crippen LogP contribution is -2.29. The summed E-state index contributed by atoms with van der Waals surface area (Å²) in [5.41, 5.74) is 1.18. The Balaban J connectivity index is 2.09. The molecule has 0 saturated carbocycles. The highest BCUT2D eigenvalue weighted by atomic mass is 32.2. The number of sulfonamides is 1. The van der Waals surface area contributed by atoms with Crippen LogP contribution in [0.15, 0.2) is 53.4 Å². The third-order valence-electron chi connectivity index (χ3n) is 3.75. The molecule has 0 fully saturated rings. The third-order valence-corrected chi connectivity index (χ3v) is 4.68. The van der Waals surface area contributed by atoms with Gasteiger partial charge in [-0.3, -0.25) is 9.59 Å². The maximum atomic E-state index is 12.4. The van der Waals surface area contributed by atoms with Crippen LogP contribution in [0.5, 0.6) is 5.75 Å². The second-order valence-electron chi connectivity index (χ2n) is 5.85. The van der Waals surface area contributed by atoms with Crippen molar-refractivity contribution >= 4 is 27.5 Å². The molecule has 1 atom stereocenters. The molecule has 2 aromatic carbocycles. The van der Waals surface area contributed by atoms with Crippen LogP contribution in [0.2, 0.25) is 0 Å². The molecular weight excluding hydrogens is 370 g/mol. The topological polar surface area (TPSA) is 128 Å². The zero-order chi connectivity index (χ0) is 20.0. The van der Waals surface area contributed by atoms with E-state index in [2.05, 4.69) is 10.6 Å². The molecule has 144 valence electrons. The molecule has 4 N–H and O–H groups in total. The molecule has 2 aromatic rings. The first-order chi connectivity index (χ1) is 12.7. The number of primary sulfonamides is 1. The predicted molar refractivity (Wildman–Crippen MR) is 101 cm³/mol. The maximum Gasteiger partial charge on any atom is 0.238 e. The minimum Gasteiger partial charge on any atom is -0.497 e. The lowest BCUT2D eigenvalue weighted by molar-refractivity contribution is -0.120. The van der Waals surface area contributed by atoms with Gasteiger partial charge in [-0.25, -0.2) is 13.6 Å². The van der Waals surface area contributed by atoms with E-state index >= 15 is 0 Å². The number of nitrogens with two attached hydrogens (primary N) is 1. The first-order valence-corrected chi connectivity index (χ1v) is 9.57. The summed E-state index contributed by atoms with van der Waals surface area (Å²) in [6.07, 6.45) is 0.00283. The van der Waals surface area contributed by atoms with Crippen molar-refractivity contribution in [3.8, 4) is 5.75 Å². The van der Waals surface area contributed by atoms with Crippen molar-refractivity contribution in [1.82, 2.24) is 5.32 Å². The van der Waals surface area contributed by atoms with Gasteiger partial charge in [-0.2, -0.15) is 0 Å². The number of nitrogens with one attached hydrogen (secondary N) is 2. The highest BCUT2D eigenvalue weighted by Gasteiger charge is 2.18. The molecule has 0 aliphatic heterocycles. The number of rotatable bonds is 7. The van der Waals surface area contributed by atoms with Crippen molar-refractivity contribution in [3.63, 3.8) is 0 Å². The van der Waals surface area contributed by atoms with Gasteiger partial charge in [0.15, 0.2) is 0 Å². The summed E-state index contributed by atoms with van der Waals surface area (Å²) in [5.74, 6) is 0.0637. The van der Waals surface area contributed by atoms with Gasteiger partial charge in [0, 0.05) is 12.6 Å². The van der Waals surface area contributed by atoms with Gasteiger partial charge in [-0.1, -0.05) is 12.1 Å². The summed E-state index contributed by atoms with van der Waals surface area (Å²) in [6.45, 7) is 1.38. The molecule has 0 heterocycles. The zero-order valence-corrected chi connectivity index (χ0v) is 15.7. The number of benzene rings is 2. The van der Waals surface area contributed by atoms with Crippen molar-refractivity contribution in [3.05, 3.63) is 54.1 Å². The molecule has 9 heteroatoms. The van der Waals surface area contributed by atoms with Crippen LogP contribution < -0.4 is 20.5 Å². The average molecular weight is 391 g/mol. The van der Waals surface area contributed by atoms with Crippen molar-refractivity contribution < 1.29 is 22.7 Å². The van der Waals surface area contributed by atoms with Gasteiger partial charge < -0.3 is 15.4 Å². The lowest BCUT2D eigenvalue weighted by Gasteiger charge is -2.18. The Bertz CT molecular complexity index is 909. The van der Waals surface area contributed by atoms with Crippen LogP contribution in [0.4, 0.5) is 5.69 Å². The molecule has 0 saturated heterocycles. The summed E-state index contributed by atoms with van der Waals surface area (Å²) in [7, 11) is -2.24. The number of carbonyl (C=O) groups excluding carboxylic acids is 2. The van der Waals surface area contributed by atoms with E-state index in [4.69, 9.17) is 9.88 Å². The van der Waals surface area contributed by atoms with Crippen LogP contribution in [0.25, 0.3) is 0 Å². The molecule has 0 aliphatic rings. The molecule has 27 heavy (non-hydrogen) atoms. The molecule has 0 unspecified atom stereocenters. The molecule has 0 radical (unpaired) electrons. The maximum absolute atomic E-state index is 12.4. The Kier molecular flexibility index (Phi) is 6.54. The first kappa shape index (κ1) is 20.4. The minimum absolute atomic E-state index is 0.00283. The summed E-state index contributed by atoms with van der Waals surface area (Å²) in [4.78, 5) is 23.8. The Hall–Kier alpha value is -2.91. The summed E-state index contributed by atoms with van der Waals surface area (Å²) in [5, 5.41) is 10.5. The predicted octanol–water partition coefficient (Wildman–Crippen LogP) is 1.55. The monoisotopic (exact) mass is 391 g/mol. The Morgan fingerprint density at radius 1 is 1.07 bits per heavy atom. The minimum atomic E-state index is -3.79. The Labute approximate surface area is 157 Å². The van der Waals surface area contributed by atoms with Gasteiger partial charge in [0.2, 0.25) is 21.8 Å². The fraction of sp³-hybridized carbons (Fsp3) is 0.222. The SMILES string of the molecule is COc1ccc([C@H](CC(=O)Nc2ccc(S(N)(=O)=O)cc2)NC(C)=O)cc1. The van der Waals surface area contributed by atoms with E-state index in [1.54, 1.807) is 31.4 Å². The number of hydrogen-bond acceptors (Lipinski definition) is 5. The van der Waals surface area contributed by atoms with Crippen LogP contribution in [-0.4, -0.2) is 27.3 Å². The molecule has 8 nitrogen and oxygen atoms in total. The fourth-order valence-electron chi connectivity index (χ4n) is 2.46. The first-order valence-electron chi connectivity index (χ1n) is 8.03. The van der Waals surface area contributed by atoms with Crippen LogP contribution in [0.1, 0.15) is 24.9 Å². The lowest BCUT2D eigenvalue weighted by atomic mass is 10.0. The van der Waals surface area contributed by atoms with E-state index in [9.17, 15) is 18.0 Å². The number of amides is 2. The zero-order valence-electron chi connectivity index (χ0n) is 14.9. The van der Waals surface area contributed by atoms with E-state index in [0.717, 1.165) is 5.56 Å². The Morgan fingerprint density at radius 3 is 2.15 bits per heavy atom. The van der Waals surface area contributed by atoms with Gasteiger partial charge in [-0.05, 0) is 42.0 Å². The highest BCUT2D eigenvalue weighted by Crippen LogP contribution is 2.21. The molecule has 0 spiro atoms. The van der Waals surface area contributed by atoms with Gasteiger partial charge in [0.1, 0.15) is 5.75 Å². The molecule has 0 aliphatic carbocycles. The summed E-state index contributed by atoms with van der Waals surface area (Å²) >= 11 is 0. The second-order valence-corrected chi connectivity index (χ2v) is 7.41. The third kappa shape index (κ3) is 6.08. The van der Waals surface area contributed by atoms with Gasteiger partial charge >= 0.3 is 0 Å². The van der Waals surface area contributed by atoms with E-state index < -0.39 is 16.1 Å². The molecule has 0 bridgehead atoms. The Morgan fingerprint density at radius 2 is 1.67 bits per heavy atom. The quantitative estimate of drug-likeness (QED) is 0.660. The largest absolute Gasteiger partial charge is 0.497 e. The highest BCUT2D eigenvalue weighted by molar-refractivity contribution is 7.89. The van der Waals surface area contributed by atoms with Gasteiger partial charge in [0.25, 0.3) is 0 Å². The number of hydrogen-bond donors (Lipinski definition) is 3. The molecule has 0 aromatic heterocycles. The number of methoxy groups -OCH3 is 1. The van der Waals surface area contributed by atoms with Crippen molar-refractivity contribution in [2.45, 2.75) is 24.3 Å². The van der Waals surface area contributed by atoms with Crippen molar-refractivity contribution in [2.75, 3.05) is 12.4 Å². The van der Waals surface area contributed by atoms with E-state index in [0.29, 0.717) is 11.4 Å². The molecule has 2 amide bonds. The smallest absolute Gasteiger partial charge is 0.238 e. The van der Waals surface area contributed by atoms with E-state index in [1.165, 1.54) is 31.2 Å². The van der Waals surface area contributed by atoms with Crippen LogP contribution in [-0.2, 0) is 19.6 Å². The number of anilines is 1. The fourth-order valence-corrected chi connectivity index (χ4v) is 2.97. The molecular formula is C18H21N3O5S. The van der Waals surface area contributed by atoms with Crippen LogP contribution in [0, 0.1) is 0 Å². The van der Waals surface area contributed by atoms with Crippen molar-refractivity contribution in [2.24, 2.45) is 5.14 Å². The van der Waals surface area contributed by atoms with Gasteiger partial charge in [0.05, 0.1) is 24.5 Å². The summed E-state index contributed by atoms with van der Waals surface area (Å²) < 4.78 is 27.6. The normalized spacial score (nSPS) is 12.1. The van der Waals surface area contributed by atoms with E-state index in [1.807, 2.05) is 0 Å². The van der Waals surface area contributed by atoms with Crippen molar-refractivity contribution in [1.29, 1.82) is 0 Å². The summed E-state index contributed by atoms with van der Waals surface area (Å²) in [6, 6.07) is 12.0. The second kappa shape index (κ2) is 8.65. The van der Waals surface area contributed by atoms with E-state index in [-0.39, 0.29) is 23.1 Å². The average Bonchev–Trinajstić information content (AvgIpc) is 2.60. The number of carbonyl (C=O) groups is 2. The molecule has 2 rings (SSSR count). The standard InChI is InChI=1S/C18H21N3O5S/c1-12(22)20-17(13-3-7-15(26-2)8-4-13)11-18(23)21-14-5-9-16(10-6-14)27(19,24)25/h3-10,17H,11H2,1-2H3,(H,20,22)(H,21,23)(H2,19,24,25)/t17-/m0/s1.